The van der Waals surface area contributed by atoms with Gasteiger partial charge >= 0.3 is 0 Å². The lowest BCUT2D eigenvalue weighted by molar-refractivity contribution is -0.144. The molecule has 2 fully saturated rings. The van der Waals surface area contributed by atoms with Gasteiger partial charge in [-0.1, -0.05) is 48.0 Å². The molecule has 0 unspecified atom stereocenters. The molecular weight excluding hydrogens is 390 g/mol. The zero-order valence-corrected chi connectivity index (χ0v) is 17.5. The number of carbonyl (C=O) groups is 2. The fourth-order valence-corrected chi connectivity index (χ4v) is 5.79. The number of rotatable bonds is 3. The van der Waals surface area contributed by atoms with Crippen LogP contribution in [0.4, 0.5) is 0 Å². The van der Waals surface area contributed by atoms with Gasteiger partial charge in [-0.15, -0.1) is 0 Å². The van der Waals surface area contributed by atoms with Gasteiger partial charge in [0.1, 0.15) is 5.60 Å². The Bertz CT molecular complexity index is 1110. The second-order valence-corrected chi connectivity index (χ2v) is 9.20. The zero-order valence-electron chi connectivity index (χ0n) is 17.5. The lowest BCUT2D eigenvalue weighted by Gasteiger charge is -2.33. The molecule has 2 bridgehead atoms. The van der Waals surface area contributed by atoms with E-state index in [4.69, 9.17) is 4.74 Å². The minimum absolute atomic E-state index is 0.0292. The zero-order chi connectivity index (χ0) is 21.2. The van der Waals surface area contributed by atoms with E-state index in [-0.39, 0.29) is 17.9 Å². The molecule has 4 atom stereocenters. The highest BCUT2D eigenvalue weighted by Crippen LogP contribution is 2.52. The van der Waals surface area contributed by atoms with Crippen LogP contribution in [0.15, 0.2) is 54.7 Å². The first kappa shape index (κ1) is 18.8. The van der Waals surface area contributed by atoms with Crippen LogP contribution in [0.25, 0.3) is 0 Å². The van der Waals surface area contributed by atoms with E-state index in [2.05, 4.69) is 24.0 Å². The van der Waals surface area contributed by atoms with E-state index in [9.17, 15) is 9.59 Å². The number of ether oxygens (including phenoxy) is 1. The summed E-state index contributed by atoms with van der Waals surface area (Å²) in [6.45, 7) is 4.29. The van der Waals surface area contributed by atoms with E-state index in [0.717, 1.165) is 23.2 Å². The van der Waals surface area contributed by atoms with Gasteiger partial charge in [0.15, 0.2) is 0 Å². The molecule has 31 heavy (non-hydrogen) atoms. The van der Waals surface area contributed by atoms with Crippen molar-refractivity contribution in [3.63, 3.8) is 0 Å². The van der Waals surface area contributed by atoms with E-state index in [1.807, 2.05) is 46.2 Å². The number of aromatic nitrogens is 1. The number of fused-ring (bicyclic) bond motifs is 2. The number of carbonyl (C=O) groups excluding carboxylic acids is 2. The van der Waals surface area contributed by atoms with Crippen molar-refractivity contribution in [1.29, 1.82) is 0 Å². The Morgan fingerprint density at radius 3 is 3.06 bits per heavy atom. The summed E-state index contributed by atoms with van der Waals surface area (Å²) in [6, 6.07) is 12.2. The SMILES string of the molecule is Cc1cccc(CN2C[C@]34C=C[C@H](O3)[C@H](C(=O)N3CCc5ncccc5C3)[C@@H]4C2=O)c1. The summed E-state index contributed by atoms with van der Waals surface area (Å²) in [6.07, 6.45) is 6.25. The molecule has 4 aliphatic heterocycles. The topological polar surface area (TPSA) is 62.7 Å². The number of hydrogen-bond donors (Lipinski definition) is 0. The number of aryl methyl sites for hydroxylation is 1. The molecule has 158 valence electrons. The molecule has 0 N–H and O–H groups in total. The summed E-state index contributed by atoms with van der Waals surface area (Å²) < 4.78 is 6.31. The van der Waals surface area contributed by atoms with Crippen LogP contribution in [0.1, 0.15) is 22.4 Å². The number of benzene rings is 1. The number of likely N-dealkylation sites (tertiary alicyclic amines) is 1. The molecule has 0 radical (unpaired) electrons. The second kappa shape index (κ2) is 6.76. The summed E-state index contributed by atoms with van der Waals surface area (Å²) in [5.74, 6) is -0.819. The van der Waals surface area contributed by atoms with Gasteiger partial charge in [-0.05, 0) is 24.1 Å². The Morgan fingerprint density at radius 2 is 2.19 bits per heavy atom. The van der Waals surface area contributed by atoms with E-state index in [1.54, 1.807) is 6.20 Å². The van der Waals surface area contributed by atoms with Gasteiger partial charge in [-0.2, -0.15) is 0 Å². The first-order valence-corrected chi connectivity index (χ1v) is 11.0. The maximum Gasteiger partial charge on any atom is 0.230 e. The minimum atomic E-state index is -0.666. The first-order chi connectivity index (χ1) is 15.0. The Balaban J connectivity index is 1.25. The standard InChI is InChI=1S/C25H25N3O3/c1-16-4-2-5-17(12-16)13-28-15-25-9-7-20(31-25)21(22(25)24(28)30)23(29)27-11-8-19-18(14-27)6-3-10-26-19/h2-7,9-10,12,20-22H,8,11,13-15H2,1H3/t20-,21-,22+,25-/m0/s1. The quantitative estimate of drug-likeness (QED) is 0.722. The normalized spacial score (nSPS) is 30.6. The third kappa shape index (κ3) is 2.85. The van der Waals surface area contributed by atoms with Crippen LogP contribution in [0, 0.1) is 18.8 Å². The van der Waals surface area contributed by atoms with Crippen LogP contribution in [-0.4, -0.2) is 51.4 Å². The Labute approximate surface area is 181 Å². The average Bonchev–Trinajstić information content (AvgIpc) is 3.41. The fraction of sp³-hybridized carbons (Fsp3) is 0.400. The Kier molecular flexibility index (Phi) is 4.09. The van der Waals surface area contributed by atoms with Gasteiger partial charge in [-0.3, -0.25) is 14.6 Å². The summed E-state index contributed by atoms with van der Waals surface area (Å²) >= 11 is 0. The molecule has 1 aromatic heterocycles. The van der Waals surface area contributed by atoms with Crippen LogP contribution in [-0.2, 0) is 33.8 Å². The minimum Gasteiger partial charge on any atom is -0.360 e. The molecule has 4 aliphatic rings. The van der Waals surface area contributed by atoms with Crippen LogP contribution in [0.5, 0.6) is 0 Å². The van der Waals surface area contributed by atoms with Crippen molar-refractivity contribution in [1.82, 2.24) is 14.8 Å². The van der Waals surface area contributed by atoms with E-state index >= 15 is 0 Å². The predicted octanol–water partition coefficient (Wildman–Crippen LogP) is 2.26. The highest BCUT2D eigenvalue weighted by Gasteiger charge is 2.67. The summed E-state index contributed by atoms with van der Waals surface area (Å²) in [5, 5.41) is 0. The number of nitrogens with zero attached hydrogens (tertiary/aromatic N) is 3. The van der Waals surface area contributed by atoms with Crippen molar-refractivity contribution in [2.75, 3.05) is 13.1 Å². The molecule has 2 aromatic rings. The Hall–Kier alpha value is -2.99. The maximum absolute atomic E-state index is 13.6. The second-order valence-electron chi connectivity index (χ2n) is 9.20. The molecule has 6 nitrogen and oxygen atoms in total. The predicted molar refractivity (Wildman–Crippen MR) is 114 cm³/mol. The fourth-order valence-electron chi connectivity index (χ4n) is 5.79. The van der Waals surface area contributed by atoms with E-state index < -0.39 is 17.4 Å². The molecule has 5 heterocycles. The van der Waals surface area contributed by atoms with Crippen molar-refractivity contribution >= 4 is 11.8 Å². The van der Waals surface area contributed by atoms with E-state index in [1.165, 1.54) is 5.56 Å². The number of hydrogen-bond acceptors (Lipinski definition) is 4. The van der Waals surface area contributed by atoms with Gasteiger partial charge < -0.3 is 14.5 Å². The van der Waals surface area contributed by atoms with Crippen molar-refractivity contribution < 1.29 is 14.3 Å². The van der Waals surface area contributed by atoms with Crippen molar-refractivity contribution in [2.24, 2.45) is 11.8 Å². The highest BCUT2D eigenvalue weighted by atomic mass is 16.5. The summed E-state index contributed by atoms with van der Waals surface area (Å²) in [5.41, 5.74) is 3.77. The Morgan fingerprint density at radius 1 is 1.29 bits per heavy atom. The lowest BCUT2D eigenvalue weighted by atomic mass is 9.76. The molecule has 6 heteroatoms. The number of pyridine rings is 1. The van der Waals surface area contributed by atoms with Crippen molar-refractivity contribution in [3.05, 3.63) is 77.1 Å². The third-order valence-electron chi connectivity index (χ3n) is 7.20. The molecule has 2 saturated heterocycles. The molecule has 6 rings (SSSR count). The maximum atomic E-state index is 13.6. The van der Waals surface area contributed by atoms with Gasteiger partial charge in [0.05, 0.1) is 24.5 Å². The van der Waals surface area contributed by atoms with Gasteiger partial charge in [0.2, 0.25) is 11.8 Å². The lowest BCUT2D eigenvalue weighted by Crippen LogP contribution is -2.47. The van der Waals surface area contributed by atoms with Gasteiger partial charge in [0, 0.05) is 37.9 Å². The summed E-state index contributed by atoms with van der Waals surface area (Å²) in [4.78, 5) is 35.3. The third-order valence-corrected chi connectivity index (χ3v) is 7.20. The highest BCUT2D eigenvalue weighted by molar-refractivity contribution is 5.93. The largest absolute Gasteiger partial charge is 0.360 e. The monoisotopic (exact) mass is 415 g/mol. The van der Waals surface area contributed by atoms with Crippen molar-refractivity contribution in [2.45, 2.75) is 38.1 Å². The molecule has 1 spiro atoms. The van der Waals surface area contributed by atoms with Crippen LogP contribution < -0.4 is 0 Å². The van der Waals surface area contributed by atoms with Gasteiger partial charge in [-0.25, -0.2) is 0 Å². The van der Waals surface area contributed by atoms with Crippen LogP contribution in [0.2, 0.25) is 0 Å². The van der Waals surface area contributed by atoms with Crippen LogP contribution in [0.3, 0.4) is 0 Å². The molecule has 0 saturated carbocycles. The molecular formula is C25H25N3O3. The number of amides is 2. The smallest absolute Gasteiger partial charge is 0.230 e. The molecule has 2 amide bonds. The molecule has 0 aliphatic carbocycles. The van der Waals surface area contributed by atoms with E-state index in [0.29, 0.717) is 26.2 Å². The molecule has 1 aromatic carbocycles. The van der Waals surface area contributed by atoms with Crippen LogP contribution >= 0.6 is 0 Å². The van der Waals surface area contributed by atoms with Crippen molar-refractivity contribution in [3.8, 4) is 0 Å². The van der Waals surface area contributed by atoms with Gasteiger partial charge in [0.25, 0.3) is 0 Å². The first-order valence-electron chi connectivity index (χ1n) is 11.0. The summed E-state index contributed by atoms with van der Waals surface area (Å²) in [7, 11) is 0. The average molecular weight is 415 g/mol.